The molecule has 0 rings (SSSR count). The van der Waals surface area contributed by atoms with Crippen molar-refractivity contribution in [1.29, 1.82) is 0 Å². The van der Waals surface area contributed by atoms with Gasteiger partial charge < -0.3 is 23.7 Å². The van der Waals surface area contributed by atoms with Crippen molar-refractivity contribution < 1.29 is 33.3 Å². The highest BCUT2D eigenvalue weighted by Crippen LogP contribution is 1.95. The number of carbonyl (C=O) groups is 2. The molecule has 0 amide bonds. The number of carbonyl (C=O) groups excluding carboxylic acids is 2. The molecule has 0 fully saturated rings. The van der Waals surface area contributed by atoms with E-state index in [1.807, 2.05) is 0 Å². The van der Waals surface area contributed by atoms with Crippen LogP contribution in [0.2, 0.25) is 0 Å². The molecule has 0 N–H and O–H groups in total. The highest BCUT2D eigenvalue weighted by atomic mass is 16.7. The maximum atomic E-state index is 10.7. The number of hydrogen-bond donors (Lipinski definition) is 0. The van der Waals surface area contributed by atoms with Gasteiger partial charge in [0, 0.05) is 19.3 Å². The van der Waals surface area contributed by atoms with E-state index in [0.717, 1.165) is 12.2 Å². The van der Waals surface area contributed by atoms with Crippen LogP contribution in [0, 0.1) is 0 Å². The van der Waals surface area contributed by atoms with Crippen LogP contribution < -0.4 is 0 Å². The standard InChI is InChI=1S/C13H20O7/c1-4-11(14)18-7-6-17-10-13(16-3)20-9-8-19-12(15)5-2/h4-5,13H,1-2,6-10H2,3H3. The first-order chi connectivity index (χ1) is 9.63. The Morgan fingerprint density at radius 1 is 1.00 bits per heavy atom. The van der Waals surface area contributed by atoms with E-state index < -0.39 is 18.2 Å². The summed E-state index contributed by atoms with van der Waals surface area (Å²) in [5, 5.41) is 0. The molecule has 1 unspecified atom stereocenters. The van der Waals surface area contributed by atoms with Crippen LogP contribution >= 0.6 is 0 Å². The van der Waals surface area contributed by atoms with Gasteiger partial charge in [-0.25, -0.2) is 9.59 Å². The molecule has 0 spiro atoms. The third-order valence-corrected chi connectivity index (χ3v) is 1.95. The van der Waals surface area contributed by atoms with E-state index in [-0.39, 0.29) is 33.0 Å². The quantitative estimate of drug-likeness (QED) is 0.223. The minimum Gasteiger partial charge on any atom is -0.460 e. The second-order valence-electron chi connectivity index (χ2n) is 3.35. The molecule has 7 nitrogen and oxygen atoms in total. The van der Waals surface area contributed by atoms with E-state index in [1.54, 1.807) is 0 Å². The summed E-state index contributed by atoms with van der Waals surface area (Å²) in [4.78, 5) is 21.5. The number of methoxy groups -OCH3 is 1. The monoisotopic (exact) mass is 288 g/mol. The molecule has 0 heterocycles. The van der Waals surface area contributed by atoms with Crippen molar-refractivity contribution in [1.82, 2.24) is 0 Å². The normalized spacial score (nSPS) is 11.4. The van der Waals surface area contributed by atoms with Crippen LogP contribution in [-0.2, 0) is 33.3 Å². The van der Waals surface area contributed by atoms with Crippen LogP contribution in [0.1, 0.15) is 0 Å². The smallest absolute Gasteiger partial charge is 0.330 e. The summed E-state index contributed by atoms with van der Waals surface area (Å²) in [6.07, 6.45) is 1.56. The molecular weight excluding hydrogens is 268 g/mol. The molecule has 0 aromatic rings. The Morgan fingerprint density at radius 3 is 2.05 bits per heavy atom. The van der Waals surface area contributed by atoms with Crippen molar-refractivity contribution in [3.63, 3.8) is 0 Å². The SMILES string of the molecule is C=CC(=O)OCCOCC(OC)OCCOC(=O)C=C. The van der Waals surface area contributed by atoms with Crippen molar-refractivity contribution in [2.75, 3.05) is 40.1 Å². The molecule has 0 aliphatic heterocycles. The lowest BCUT2D eigenvalue weighted by molar-refractivity contribution is -0.170. The highest BCUT2D eigenvalue weighted by molar-refractivity contribution is 5.81. The fourth-order valence-corrected chi connectivity index (χ4v) is 1.00. The molecule has 20 heavy (non-hydrogen) atoms. The van der Waals surface area contributed by atoms with Crippen molar-refractivity contribution >= 4 is 11.9 Å². The van der Waals surface area contributed by atoms with Gasteiger partial charge in [-0.3, -0.25) is 0 Å². The van der Waals surface area contributed by atoms with E-state index in [2.05, 4.69) is 13.2 Å². The maximum absolute atomic E-state index is 10.7. The van der Waals surface area contributed by atoms with Crippen LogP contribution in [0.4, 0.5) is 0 Å². The van der Waals surface area contributed by atoms with E-state index >= 15 is 0 Å². The van der Waals surface area contributed by atoms with Gasteiger partial charge in [-0.1, -0.05) is 13.2 Å². The molecule has 7 heteroatoms. The van der Waals surface area contributed by atoms with Crippen LogP contribution in [0.25, 0.3) is 0 Å². The average Bonchev–Trinajstić information content (AvgIpc) is 2.48. The number of hydrogen-bond acceptors (Lipinski definition) is 7. The summed E-state index contributed by atoms with van der Waals surface area (Å²) in [6, 6.07) is 0. The number of esters is 2. The van der Waals surface area contributed by atoms with Crippen molar-refractivity contribution in [2.24, 2.45) is 0 Å². The predicted molar refractivity (Wildman–Crippen MR) is 69.9 cm³/mol. The zero-order valence-corrected chi connectivity index (χ0v) is 11.5. The maximum Gasteiger partial charge on any atom is 0.330 e. The van der Waals surface area contributed by atoms with E-state index in [4.69, 9.17) is 23.7 Å². The van der Waals surface area contributed by atoms with Crippen LogP contribution in [-0.4, -0.2) is 58.4 Å². The molecule has 0 aliphatic rings. The zero-order chi connectivity index (χ0) is 15.2. The zero-order valence-electron chi connectivity index (χ0n) is 11.5. The van der Waals surface area contributed by atoms with Crippen molar-refractivity contribution in [3.05, 3.63) is 25.3 Å². The largest absolute Gasteiger partial charge is 0.460 e. The van der Waals surface area contributed by atoms with Crippen LogP contribution in [0.15, 0.2) is 25.3 Å². The Balaban J connectivity index is 3.56. The summed E-state index contributed by atoms with van der Waals surface area (Å²) in [7, 11) is 1.46. The van der Waals surface area contributed by atoms with Gasteiger partial charge in [-0.2, -0.15) is 0 Å². The first kappa shape index (κ1) is 18.3. The number of ether oxygens (including phenoxy) is 5. The molecular formula is C13H20O7. The van der Waals surface area contributed by atoms with Crippen LogP contribution in [0.3, 0.4) is 0 Å². The first-order valence-electron chi connectivity index (χ1n) is 5.94. The lowest BCUT2D eigenvalue weighted by Gasteiger charge is -2.16. The Hall–Kier alpha value is -1.70. The summed E-state index contributed by atoms with van der Waals surface area (Å²) < 4.78 is 24.9. The first-order valence-corrected chi connectivity index (χ1v) is 5.94. The molecule has 1 atom stereocenters. The summed E-state index contributed by atoms with van der Waals surface area (Å²) in [6.45, 7) is 7.31. The molecule has 0 aliphatic carbocycles. The molecule has 0 bridgehead atoms. The van der Waals surface area contributed by atoms with Gasteiger partial charge in [-0.05, 0) is 0 Å². The Kier molecular flexibility index (Phi) is 11.3. The fraction of sp³-hybridized carbons (Fsp3) is 0.538. The van der Waals surface area contributed by atoms with Gasteiger partial charge in [0.15, 0.2) is 6.29 Å². The summed E-state index contributed by atoms with van der Waals surface area (Å²) in [5.74, 6) is -1.01. The lowest BCUT2D eigenvalue weighted by Crippen LogP contribution is -2.25. The van der Waals surface area contributed by atoms with Crippen LogP contribution in [0.5, 0.6) is 0 Å². The Labute approximate surface area is 118 Å². The molecule has 114 valence electrons. The second-order valence-corrected chi connectivity index (χ2v) is 3.35. The fourth-order valence-electron chi connectivity index (χ4n) is 1.00. The van der Waals surface area contributed by atoms with E-state index in [0.29, 0.717) is 0 Å². The molecule has 0 saturated heterocycles. The highest BCUT2D eigenvalue weighted by Gasteiger charge is 2.08. The van der Waals surface area contributed by atoms with Gasteiger partial charge in [-0.15, -0.1) is 0 Å². The predicted octanol–water partition coefficient (Wildman–Crippen LogP) is 0.450. The summed E-state index contributed by atoms with van der Waals surface area (Å²) in [5.41, 5.74) is 0. The molecule has 0 aromatic carbocycles. The second kappa shape index (κ2) is 12.3. The topological polar surface area (TPSA) is 80.3 Å². The van der Waals surface area contributed by atoms with Gasteiger partial charge >= 0.3 is 11.9 Å². The average molecular weight is 288 g/mol. The third-order valence-electron chi connectivity index (χ3n) is 1.95. The van der Waals surface area contributed by atoms with Crippen molar-refractivity contribution in [3.8, 4) is 0 Å². The molecule has 0 radical (unpaired) electrons. The molecule has 0 saturated carbocycles. The molecule has 0 aromatic heterocycles. The third kappa shape index (κ3) is 10.2. The minimum absolute atomic E-state index is 0.0989. The minimum atomic E-state index is -0.590. The summed E-state index contributed by atoms with van der Waals surface area (Å²) >= 11 is 0. The van der Waals surface area contributed by atoms with E-state index in [9.17, 15) is 9.59 Å². The van der Waals surface area contributed by atoms with E-state index in [1.165, 1.54) is 7.11 Å². The lowest BCUT2D eigenvalue weighted by atomic mass is 10.6. The van der Waals surface area contributed by atoms with Gasteiger partial charge in [0.05, 0.1) is 19.8 Å². The van der Waals surface area contributed by atoms with Gasteiger partial charge in [0.1, 0.15) is 13.2 Å². The Morgan fingerprint density at radius 2 is 1.55 bits per heavy atom. The Bertz CT molecular complexity index is 314. The van der Waals surface area contributed by atoms with Gasteiger partial charge in [0.25, 0.3) is 0 Å². The van der Waals surface area contributed by atoms with Crippen molar-refractivity contribution in [2.45, 2.75) is 6.29 Å². The van der Waals surface area contributed by atoms with Gasteiger partial charge in [0.2, 0.25) is 0 Å². The number of rotatable bonds is 12.